The van der Waals surface area contributed by atoms with Crippen molar-refractivity contribution in [3.63, 3.8) is 0 Å². The molecule has 0 bridgehead atoms. The number of rotatable bonds is 5. The second-order valence-corrected chi connectivity index (χ2v) is 5.00. The van der Waals surface area contributed by atoms with E-state index in [1.54, 1.807) is 17.0 Å². The van der Waals surface area contributed by atoms with E-state index in [0.717, 1.165) is 0 Å². The van der Waals surface area contributed by atoms with Crippen LogP contribution in [0.1, 0.15) is 24.4 Å². The van der Waals surface area contributed by atoms with Gasteiger partial charge in [0.05, 0.1) is 4.99 Å². The normalized spacial score (nSPS) is 12.2. The molecule has 1 unspecified atom stereocenters. The number of hydrogen-bond acceptors (Lipinski definition) is 3. The van der Waals surface area contributed by atoms with Crippen LogP contribution in [0.5, 0.6) is 0 Å². The van der Waals surface area contributed by atoms with Gasteiger partial charge in [-0.3, -0.25) is 4.79 Å². The van der Waals surface area contributed by atoms with E-state index < -0.39 is 0 Å². The summed E-state index contributed by atoms with van der Waals surface area (Å²) in [7, 11) is 0. The molecule has 0 saturated heterocycles. The number of hydrogen-bond donors (Lipinski definition) is 1. The Hall–Kier alpha value is -0.880. The van der Waals surface area contributed by atoms with Crippen LogP contribution in [0.4, 0.5) is 0 Å². The summed E-state index contributed by atoms with van der Waals surface area (Å²) in [6, 6.07) is 3.33. The summed E-state index contributed by atoms with van der Waals surface area (Å²) in [6.07, 6.45) is 0. The molecule has 1 aromatic heterocycles. The average Bonchev–Trinajstić information content (AvgIpc) is 2.71. The number of nitrogens with two attached hydrogens (primary N) is 1. The first-order valence-corrected chi connectivity index (χ1v) is 6.49. The molecule has 1 atom stereocenters. The summed E-state index contributed by atoms with van der Waals surface area (Å²) in [4.78, 5) is 14.2. The molecule has 1 amide bonds. The third kappa shape index (κ3) is 3.81. The van der Waals surface area contributed by atoms with E-state index in [-0.39, 0.29) is 11.8 Å². The molecule has 1 heterocycles. The first-order valence-electron chi connectivity index (χ1n) is 5.29. The van der Waals surface area contributed by atoms with Crippen molar-refractivity contribution >= 4 is 39.0 Å². The number of carbonyl (C=O) groups excluding carboxylic acids is 1. The Kier molecular flexibility index (Phi) is 5.14. The van der Waals surface area contributed by atoms with Crippen LogP contribution in [0.15, 0.2) is 21.2 Å². The van der Waals surface area contributed by atoms with Crippen molar-refractivity contribution in [3.8, 4) is 0 Å². The monoisotopic (exact) mass is 318 g/mol. The van der Waals surface area contributed by atoms with Crippen LogP contribution in [-0.2, 0) is 0 Å². The molecule has 4 nitrogen and oxygen atoms in total. The van der Waals surface area contributed by atoms with Gasteiger partial charge in [-0.25, -0.2) is 0 Å². The maximum absolute atomic E-state index is 12.1. The predicted octanol–water partition coefficient (Wildman–Crippen LogP) is 2.43. The van der Waals surface area contributed by atoms with Gasteiger partial charge in [0.15, 0.2) is 10.4 Å². The third-order valence-corrected chi connectivity index (χ3v) is 3.26. The van der Waals surface area contributed by atoms with Gasteiger partial charge in [0.25, 0.3) is 5.91 Å². The Morgan fingerprint density at radius 3 is 2.71 bits per heavy atom. The van der Waals surface area contributed by atoms with E-state index in [9.17, 15) is 4.79 Å². The summed E-state index contributed by atoms with van der Waals surface area (Å²) in [5.41, 5.74) is 5.54. The van der Waals surface area contributed by atoms with Crippen molar-refractivity contribution < 1.29 is 9.21 Å². The zero-order valence-corrected chi connectivity index (χ0v) is 12.2. The van der Waals surface area contributed by atoms with Gasteiger partial charge < -0.3 is 15.1 Å². The van der Waals surface area contributed by atoms with Gasteiger partial charge in [0, 0.05) is 19.0 Å². The molecule has 17 heavy (non-hydrogen) atoms. The molecule has 0 radical (unpaired) electrons. The van der Waals surface area contributed by atoms with Crippen LogP contribution < -0.4 is 5.73 Å². The topological polar surface area (TPSA) is 59.5 Å². The van der Waals surface area contributed by atoms with Gasteiger partial charge in [-0.05, 0) is 35.0 Å². The molecule has 0 fully saturated rings. The van der Waals surface area contributed by atoms with Crippen molar-refractivity contribution in [1.29, 1.82) is 0 Å². The highest BCUT2D eigenvalue weighted by atomic mass is 79.9. The number of furan rings is 1. The number of nitrogens with zero attached hydrogens (tertiary/aromatic N) is 1. The first kappa shape index (κ1) is 14.2. The smallest absolute Gasteiger partial charge is 0.289 e. The van der Waals surface area contributed by atoms with Gasteiger partial charge in [0.1, 0.15) is 0 Å². The average molecular weight is 319 g/mol. The number of amides is 1. The number of thiocarbonyl (C=S) groups is 1. The zero-order valence-electron chi connectivity index (χ0n) is 9.77. The lowest BCUT2D eigenvalue weighted by Gasteiger charge is -2.23. The van der Waals surface area contributed by atoms with Crippen molar-refractivity contribution in [1.82, 2.24) is 4.90 Å². The molecule has 0 spiro atoms. The molecular weight excluding hydrogens is 304 g/mol. The minimum Gasteiger partial charge on any atom is -0.444 e. The van der Waals surface area contributed by atoms with Gasteiger partial charge in [-0.15, -0.1) is 0 Å². The fraction of sp³-hybridized carbons (Fsp3) is 0.455. The molecule has 94 valence electrons. The number of carbonyl (C=O) groups is 1. The fourth-order valence-electron chi connectivity index (χ4n) is 1.36. The first-order chi connectivity index (χ1) is 7.95. The summed E-state index contributed by atoms with van der Waals surface area (Å²) in [6.45, 7) is 4.89. The second kappa shape index (κ2) is 6.16. The quantitative estimate of drug-likeness (QED) is 0.847. The number of halogens is 1. The van der Waals surface area contributed by atoms with Crippen LogP contribution in [0.25, 0.3) is 0 Å². The third-order valence-electron chi connectivity index (χ3n) is 2.43. The van der Waals surface area contributed by atoms with Crippen molar-refractivity contribution in [2.75, 3.05) is 13.1 Å². The van der Waals surface area contributed by atoms with Gasteiger partial charge in [-0.2, -0.15) is 0 Å². The van der Waals surface area contributed by atoms with E-state index >= 15 is 0 Å². The van der Waals surface area contributed by atoms with Crippen LogP contribution in [0.2, 0.25) is 0 Å². The highest BCUT2D eigenvalue weighted by Gasteiger charge is 2.20. The Labute approximate surface area is 114 Å². The molecular formula is C11H15BrN2O2S. The highest BCUT2D eigenvalue weighted by molar-refractivity contribution is 9.10. The molecule has 0 aromatic carbocycles. The second-order valence-electron chi connectivity index (χ2n) is 3.75. The van der Waals surface area contributed by atoms with Gasteiger partial charge >= 0.3 is 0 Å². The van der Waals surface area contributed by atoms with Crippen molar-refractivity contribution in [2.45, 2.75) is 13.8 Å². The SMILES string of the molecule is CCN(CC(C)C(N)=S)C(=O)c1ccc(Br)o1. The fourth-order valence-corrected chi connectivity index (χ4v) is 1.74. The van der Waals surface area contributed by atoms with E-state index in [2.05, 4.69) is 15.9 Å². The summed E-state index contributed by atoms with van der Waals surface area (Å²) in [5, 5.41) is 0. The maximum Gasteiger partial charge on any atom is 0.289 e. The lowest BCUT2D eigenvalue weighted by atomic mass is 10.1. The maximum atomic E-state index is 12.1. The highest BCUT2D eigenvalue weighted by Crippen LogP contribution is 2.16. The van der Waals surface area contributed by atoms with Crippen molar-refractivity contribution in [2.24, 2.45) is 11.7 Å². The largest absolute Gasteiger partial charge is 0.444 e. The van der Waals surface area contributed by atoms with Crippen LogP contribution in [0.3, 0.4) is 0 Å². The van der Waals surface area contributed by atoms with E-state index in [0.29, 0.717) is 28.5 Å². The van der Waals surface area contributed by atoms with Crippen LogP contribution in [0, 0.1) is 5.92 Å². The minimum absolute atomic E-state index is 0.00713. The molecule has 0 aliphatic heterocycles. The predicted molar refractivity (Wildman–Crippen MR) is 73.9 cm³/mol. The molecule has 1 aromatic rings. The Balaban J connectivity index is 2.74. The molecule has 0 aliphatic rings. The van der Waals surface area contributed by atoms with Gasteiger partial charge in [-0.1, -0.05) is 19.1 Å². The molecule has 6 heteroatoms. The van der Waals surface area contributed by atoms with E-state index in [4.69, 9.17) is 22.4 Å². The summed E-state index contributed by atoms with van der Waals surface area (Å²) in [5.74, 6) is 0.155. The Morgan fingerprint density at radius 2 is 2.29 bits per heavy atom. The summed E-state index contributed by atoms with van der Waals surface area (Å²) >= 11 is 8.07. The standard InChI is InChI=1S/C11H15BrN2O2S/c1-3-14(6-7(2)10(13)17)11(15)8-4-5-9(12)16-8/h4-5,7H,3,6H2,1-2H3,(H2,13,17). The molecule has 2 N–H and O–H groups in total. The Bertz CT molecular complexity index is 419. The molecule has 1 rings (SSSR count). The summed E-state index contributed by atoms with van der Waals surface area (Å²) < 4.78 is 5.77. The lowest BCUT2D eigenvalue weighted by Crippen LogP contribution is -2.38. The van der Waals surface area contributed by atoms with Crippen molar-refractivity contribution in [3.05, 3.63) is 22.6 Å². The van der Waals surface area contributed by atoms with Crippen LogP contribution >= 0.6 is 28.1 Å². The zero-order chi connectivity index (χ0) is 13.0. The Morgan fingerprint density at radius 1 is 1.65 bits per heavy atom. The van der Waals surface area contributed by atoms with Crippen LogP contribution in [-0.4, -0.2) is 28.9 Å². The molecule has 0 aliphatic carbocycles. The van der Waals surface area contributed by atoms with E-state index in [1.165, 1.54) is 0 Å². The minimum atomic E-state index is -0.152. The molecule has 0 saturated carbocycles. The lowest BCUT2D eigenvalue weighted by molar-refractivity contribution is 0.0721. The van der Waals surface area contributed by atoms with Gasteiger partial charge in [0.2, 0.25) is 0 Å². The van der Waals surface area contributed by atoms with E-state index in [1.807, 2.05) is 13.8 Å².